The average Bonchev–Trinajstić information content (AvgIpc) is 2.40. The van der Waals surface area contributed by atoms with Gasteiger partial charge in [0.2, 0.25) is 0 Å². The van der Waals surface area contributed by atoms with Gasteiger partial charge in [-0.15, -0.1) is 0 Å². The molecule has 1 aromatic carbocycles. The lowest BCUT2D eigenvalue weighted by molar-refractivity contribution is 0.183. The van der Waals surface area contributed by atoms with Gasteiger partial charge in [0.05, 0.1) is 6.61 Å². The molecule has 2 nitrogen and oxygen atoms in total. The highest BCUT2D eigenvalue weighted by molar-refractivity contribution is 9.10. The normalized spacial score (nSPS) is 27.2. The molecule has 1 aliphatic rings. The Morgan fingerprint density at radius 3 is 2.74 bits per heavy atom. The summed E-state index contributed by atoms with van der Waals surface area (Å²) in [6, 6.07) is 7.98. The molecule has 1 fully saturated rings. The number of hydrogen-bond donors (Lipinski definition) is 1. The van der Waals surface area contributed by atoms with E-state index in [0.29, 0.717) is 6.61 Å². The molecule has 0 heterocycles. The molecule has 0 unspecified atom stereocenters. The molecule has 0 aliphatic heterocycles. The lowest BCUT2D eigenvalue weighted by Crippen LogP contribution is -2.44. The second-order valence-corrected chi connectivity index (χ2v) is 6.69. The number of hydrogen-bond acceptors (Lipinski definition) is 2. The Balaban J connectivity index is 1.76. The van der Waals surface area contributed by atoms with Crippen LogP contribution in [0.25, 0.3) is 0 Å². The van der Waals surface area contributed by atoms with Gasteiger partial charge in [-0.05, 0) is 56.2 Å². The molecule has 0 spiro atoms. The van der Waals surface area contributed by atoms with Gasteiger partial charge in [0.1, 0.15) is 5.75 Å². The zero-order chi connectivity index (χ0) is 13.7. The van der Waals surface area contributed by atoms with Crippen molar-refractivity contribution in [2.24, 2.45) is 11.7 Å². The standard InChI is InChI=1S/C16H24BrNO/c1-2-13-6-8-16(18,9-7-13)10-11-19-15-5-3-4-14(17)12-15/h3-5,12-13H,2,6-11,18H2,1H3. The minimum atomic E-state index is -0.00230. The summed E-state index contributed by atoms with van der Waals surface area (Å²) >= 11 is 3.45. The van der Waals surface area contributed by atoms with Crippen molar-refractivity contribution in [3.05, 3.63) is 28.7 Å². The SMILES string of the molecule is CCC1CCC(N)(CCOc2cccc(Br)c2)CC1. The first-order valence-corrected chi connectivity index (χ1v) is 8.08. The van der Waals surface area contributed by atoms with Gasteiger partial charge in [-0.2, -0.15) is 0 Å². The van der Waals surface area contributed by atoms with Gasteiger partial charge in [-0.25, -0.2) is 0 Å². The number of halogens is 1. The first-order chi connectivity index (χ1) is 9.11. The third kappa shape index (κ3) is 4.50. The van der Waals surface area contributed by atoms with Crippen molar-refractivity contribution < 1.29 is 4.74 Å². The van der Waals surface area contributed by atoms with E-state index in [9.17, 15) is 0 Å². The third-order valence-corrected chi connectivity index (χ3v) is 4.84. The quantitative estimate of drug-likeness (QED) is 0.864. The van der Waals surface area contributed by atoms with E-state index in [1.165, 1.54) is 19.3 Å². The predicted molar refractivity (Wildman–Crippen MR) is 83.4 cm³/mol. The van der Waals surface area contributed by atoms with E-state index in [1.807, 2.05) is 24.3 Å². The number of ether oxygens (including phenoxy) is 1. The van der Waals surface area contributed by atoms with Crippen LogP contribution in [0.1, 0.15) is 45.4 Å². The van der Waals surface area contributed by atoms with Crippen molar-refractivity contribution in [1.82, 2.24) is 0 Å². The van der Waals surface area contributed by atoms with Crippen LogP contribution in [0.15, 0.2) is 28.7 Å². The second kappa shape index (κ2) is 6.76. The highest BCUT2D eigenvalue weighted by Crippen LogP contribution is 2.34. The van der Waals surface area contributed by atoms with Gasteiger partial charge < -0.3 is 10.5 Å². The van der Waals surface area contributed by atoms with E-state index >= 15 is 0 Å². The smallest absolute Gasteiger partial charge is 0.120 e. The fourth-order valence-corrected chi connectivity index (χ4v) is 3.22. The molecule has 1 aromatic rings. The summed E-state index contributed by atoms with van der Waals surface area (Å²) in [5, 5.41) is 0. The molecule has 0 atom stereocenters. The highest BCUT2D eigenvalue weighted by Gasteiger charge is 2.30. The molecule has 0 amide bonds. The molecule has 0 aromatic heterocycles. The third-order valence-electron chi connectivity index (χ3n) is 4.34. The Morgan fingerprint density at radius 1 is 1.37 bits per heavy atom. The molecule has 0 saturated heterocycles. The van der Waals surface area contributed by atoms with Crippen molar-refractivity contribution in [1.29, 1.82) is 0 Å². The Hall–Kier alpha value is -0.540. The predicted octanol–water partition coefficient (Wildman–Crippen LogP) is 4.52. The molecule has 0 radical (unpaired) electrons. The summed E-state index contributed by atoms with van der Waals surface area (Å²) < 4.78 is 6.85. The lowest BCUT2D eigenvalue weighted by Gasteiger charge is -2.37. The molecule has 1 aliphatic carbocycles. The minimum absolute atomic E-state index is 0.00230. The lowest BCUT2D eigenvalue weighted by atomic mass is 9.75. The number of benzene rings is 1. The van der Waals surface area contributed by atoms with Crippen LogP contribution in [-0.2, 0) is 0 Å². The van der Waals surface area contributed by atoms with Gasteiger partial charge in [0, 0.05) is 10.0 Å². The van der Waals surface area contributed by atoms with E-state index in [2.05, 4.69) is 22.9 Å². The fraction of sp³-hybridized carbons (Fsp3) is 0.625. The first kappa shape index (κ1) is 14.9. The molecular formula is C16H24BrNO. The van der Waals surface area contributed by atoms with E-state index < -0.39 is 0 Å². The van der Waals surface area contributed by atoms with Crippen LogP contribution < -0.4 is 10.5 Å². The Kier molecular flexibility index (Phi) is 5.28. The Morgan fingerprint density at radius 2 is 2.11 bits per heavy atom. The van der Waals surface area contributed by atoms with Crippen molar-refractivity contribution >= 4 is 15.9 Å². The van der Waals surface area contributed by atoms with Crippen molar-refractivity contribution in [3.8, 4) is 5.75 Å². The Bertz CT molecular complexity index is 399. The summed E-state index contributed by atoms with van der Waals surface area (Å²) in [6.45, 7) is 2.99. The molecule has 19 heavy (non-hydrogen) atoms. The molecule has 1 saturated carbocycles. The number of rotatable bonds is 5. The maximum Gasteiger partial charge on any atom is 0.120 e. The highest BCUT2D eigenvalue weighted by atomic mass is 79.9. The van der Waals surface area contributed by atoms with Crippen LogP contribution in [0.4, 0.5) is 0 Å². The average molecular weight is 326 g/mol. The van der Waals surface area contributed by atoms with E-state index in [0.717, 1.165) is 35.4 Å². The van der Waals surface area contributed by atoms with Crippen LogP contribution in [0.3, 0.4) is 0 Å². The molecule has 0 bridgehead atoms. The molecular weight excluding hydrogens is 302 g/mol. The van der Waals surface area contributed by atoms with Gasteiger partial charge in [-0.3, -0.25) is 0 Å². The maximum atomic E-state index is 6.48. The topological polar surface area (TPSA) is 35.2 Å². The molecule has 2 N–H and O–H groups in total. The second-order valence-electron chi connectivity index (χ2n) is 5.77. The maximum absolute atomic E-state index is 6.48. The summed E-state index contributed by atoms with van der Waals surface area (Å²) in [4.78, 5) is 0. The van der Waals surface area contributed by atoms with Crippen molar-refractivity contribution in [2.75, 3.05) is 6.61 Å². The van der Waals surface area contributed by atoms with Crippen molar-refractivity contribution in [3.63, 3.8) is 0 Å². The van der Waals surface area contributed by atoms with E-state index in [1.54, 1.807) is 0 Å². The van der Waals surface area contributed by atoms with Crippen LogP contribution in [0.5, 0.6) is 5.75 Å². The zero-order valence-electron chi connectivity index (χ0n) is 11.7. The fourth-order valence-electron chi connectivity index (χ4n) is 2.84. The van der Waals surface area contributed by atoms with E-state index in [4.69, 9.17) is 10.5 Å². The summed E-state index contributed by atoms with van der Waals surface area (Å²) in [6.07, 6.45) is 7.11. The monoisotopic (exact) mass is 325 g/mol. The van der Waals surface area contributed by atoms with Gasteiger partial charge >= 0.3 is 0 Å². The summed E-state index contributed by atoms with van der Waals surface area (Å²) in [7, 11) is 0. The van der Waals surface area contributed by atoms with Gasteiger partial charge in [-0.1, -0.05) is 35.3 Å². The van der Waals surface area contributed by atoms with Crippen LogP contribution in [-0.4, -0.2) is 12.1 Å². The summed E-state index contributed by atoms with van der Waals surface area (Å²) in [5.41, 5.74) is 6.48. The van der Waals surface area contributed by atoms with Crippen molar-refractivity contribution in [2.45, 2.75) is 51.0 Å². The van der Waals surface area contributed by atoms with Gasteiger partial charge in [0.25, 0.3) is 0 Å². The van der Waals surface area contributed by atoms with Crippen LogP contribution in [0, 0.1) is 5.92 Å². The molecule has 106 valence electrons. The molecule has 3 heteroatoms. The molecule has 2 rings (SSSR count). The van der Waals surface area contributed by atoms with E-state index in [-0.39, 0.29) is 5.54 Å². The largest absolute Gasteiger partial charge is 0.493 e. The summed E-state index contributed by atoms with van der Waals surface area (Å²) in [5.74, 6) is 1.81. The number of nitrogens with two attached hydrogens (primary N) is 1. The van der Waals surface area contributed by atoms with Crippen LogP contribution in [0.2, 0.25) is 0 Å². The van der Waals surface area contributed by atoms with Gasteiger partial charge in [0.15, 0.2) is 0 Å². The van der Waals surface area contributed by atoms with Crippen LogP contribution >= 0.6 is 15.9 Å². The first-order valence-electron chi connectivity index (χ1n) is 7.28. The minimum Gasteiger partial charge on any atom is -0.493 e. The zero-order valence-corrected chi connectivity index (χ0v) is 13.3. The Labute approximate surface area is 124 Å².